The van der Waals surface area contributed by atoms with E-state index in [4.69, 9.17) is 9.47 Å². The minimum Gasteiger partial charge on any atom is -0.490 e. The lowest BCUT2D eigenvalue weighted by molar-refractivity contribution is 0.0253. The first-order valence-corrected chi connectivity index (χ1v) is 9.88. The average Bonchev–Trinajstić information content (AvgIpc) is 3.13. The highest BCUT2D eigenvalue weighted by Crippen LogP contribution is 2.25. The van der Waals surface area contributed by atoms with Gasteiger partial charge in [0.15, 0.2) is 0 Å². The standard InChI is InChI=1S/C23H25N3O3/c1-16-14-18(8-9-22(16)29-20-10-12-28-13-11-20)24-23(27)21-15-26(25-17(21)2)19-6-4-3-5-7-19/h3-9,14-15,20H,10-13H2,1-2H3,(H,24,27). The number of nitrogens with one attached hydrogen (secondary N) is 1. The first kappa shape index (κ1) is 19.2. The highest BCUT2D eigenvalue weighted by molar-refractivity contribution is 6.05. The SMILES string of the molecule is Cc1cc(NC(=O)c2cn(-c3ccccc3)nc2C)ccc1OC1CCOCC1. The van der Waals surface area contributed by atoms with E-state index in [0.29, 0.717) is 11.3 Å². The Balaban J connectivity index is 1.46. The lowest BCUT2D eigenvalue weighted by Crippen LogP contribution is -2.26. The van der Waals surface area contributed by atoms with Crippen LogP contribution in [-0.4, -0.2) is 35.0 Å². The number of ether oxygens (including phenoxy) is 2. The molecule has 1 saturated heterocycles. The lowest BCUT2D eigenvalue weighted by atomic mass is 10.1. The number of hydrogen-bond acceptors (Lipinski definition) is 4. The van der Waals surface area contributed by atoms with Crippen LogP contribution in [0.3, 0.4) is 0 Å². The Morgan fingerprint density at radius 1 is 1.14 bits per heavy atom. The molecule has 4 rings (SSSR count). The quantitative estimate of drug-likeness (QED) is 0.704. The van der Waals surface area contributed by atoms with Crippen LogP contribution in [0.15, 0.2) is 54.7 Å². The number of nitrogens with zero attached hydrogens (tertiary/aromatic N) is 2. The van der Waals surface area contributed by atoms with Gasteiger partial charge in [0.1, 0.15) is 11.9 Å². The molecule has 0 aliphatic carbocycles. The van der Waals surface area contributed by atoms with Gasteiger partial charge in [0.25, 0.3) is 5.91 Å². The Hall–Kier alpha value is -3.12. The number of anilines is 1. The molecule has 0 radical (unpaired) electrons. The smallest absolute Gasteiger partial charge is 0.259 e. The summed E-state index contributed by atoms with van der Waals surface area (Å²) in [6.45, 7) is 5.31. The molecule has 1 N–H and O–H groups in total. The highest BCUT2D eigenvalue weighted by Gasteiger charge is 2.17. The van der Waals surface area contributed by atoms with Gasteiger partial charge in [-0.2, -0.15) is 5.10 Å². The number of rotatable bonds is 5. The number of para-hydroxylation sites is 1. The number of carbonyl (C=O) groups excluding carboxylic acids is 1. The molecular weight excluding hydrogens is 366 g/mol. The van der Waals surface area contributed by atoms with E-state index in [2.05, 4.69) is 10.4 Å². The first-order chi connectivity index (χ1) is 14.1. The van der Waals surface area contributed by atoms with Gasteiger partial charge in [0.05, 0.1) is 30.2 Å². The Morgan fingerprint density at radius 2 is 1.90 bits per heavy atom. The maximum atomic E-state index is 12.8. The molecular formula is C23H25N3O3. The van der Waals surface area contributed by atoms with Crippen LogP contribution >= 0.6 is 0 Å². The van der Waals surface area contributed by atoms with Gasteiger partial charge in [-0.1, -0.05) is 18.2 Å². The van der Waals surface area contributed by atoms with Crippen molar-refractivity contribution in [1.82, 2.24) is 9.78 Å². The third-order valence-corrected chi connectivity index (χ3v) is 5.06. The summed E-state index contributed by atoms with van der Waals surface area (Å²) in [5.41, 5.74) is 3.88. The number of benzene rings is 2. The molecule has 0 atom stereocenters. The summed E-state index contributed by atoms with van der Waals surface area (Å²) in [4.78, 5) is 12.8. The summed E-state index contributed by atoms with van der Waals surface area (Å²) < 4.78 is 13.2. The van der Waals surface area contributed by atoms with E-state index in [-0.39, 0.29) is 12.0 Å². The molecule has 1 amide bonds. The fourth-order valence-electron chi connectivity index (χ4n) is 3.43. The fourth-order valence-corrected chi connectivity index (χ4v) is 3.43. The zero-order valence-corrected chi connectivity index (χ0v) is 16.7. The molecule has 0 bridgehead atoms. The van der Waals surface area contributed by atoms with Gasteiger partial charge in [0.2, 0.25) is 0 Å². The van der Waals surface area contributed by atoms with Crippen LogP contribution in [0.1, 0.15) is 34.5 Å². The van der Waals surface area contributed by atoms with Crippen molar-refractivity contribution >= 4 is 11.6 Å². The molecule has 2 heterocycles. The minimum absolute atomic E-state index is 0.179. The molecule has 29 heavy (non-hydrogen) atoms. The van der Waals surface area contributed by atoms with Crippen molar-refractivity contribution in [3.8, 4) is 11.4 Å². The van der Waals surface area contributed by atoms with E-state index in [1.807, 2.05) is 62.4 Å². The van der Waals surface area contributed by atoms with Crippen LogP contribution in [-0.2, 0) is 4.74 Å². The predicted octanol–water partition coefficient (Wildman–Crippen LogP) is 4.30. The average molecular weight is 391 g/mol. The second-order valence-electron chi connectivity index (χ2n) is 7.27. The summed E-state index contributed by atoms with van der Waals surface area (Å²) in [5.74, 6) is 0.671. The van der Waals surface area contributed by atoms with Gasteiger partial charge >= 0.3 is 0 Å². The van der Waals surface area contributed by atoms with Crippen molar-refractivity contribution in [2.45, 2.75) is 32.8 Å². The number of hydrogen-bond donors (Lipinski definition) is 1. The lowest BCUT2D eigenvalue weighted by Gasteiger charge is -2.24. The summed E-state index contributed by atoms with van der Waals surface area (Å²) in [7, 11) is 0. The van der Waals surface area contributed by atoms with Crippen molar-refractivity contribution < 1.29 is 14.3 Å². The van der Waals surface area contributed by atoms with E-state index in [1.165, 1.54) is 0 Å². The Morgan fingerprint density at radius 3 is 2.62 bits per heavy atom. The molecule has 2 aromatic carbocycles. The molecule has 6 nitrogen and oxygen atoms in total. The normalized spacial score (nSPS) is 14.6. The maximum absolute atomic E-state index is 12.8. The molecule has 150 valence electrons. The molecule has 0 unspecified atom stereocenters. The van der Waals surface area contributed by atoms with Crippen LogP contribution in [0.2, 0.25) is 0 Å². The van der Waals surface area contributed by atoms with Gasteiger partial charge in [-0.05, 0) is 49.7 Å². The molecule has 1 fully saturated rings. The fraction of sp³-hybridized carbons (Fsp3) is 0.304. The molecule has 0 spiro atoms. The molecule has 1 aliphatic rings. The van der Waals surface area contributed by atoms with E-state index >= 15 is 0 Å². The topological polar surface area (TPSA) is 65.4 Å². The summed E-state index contributed by atoms with van der Waals surface area (Å²) in [6.07, 6.45) is 3.76. The Labute approximate surface area is 170 Å². The second-order valence-corrected chi connectivity index (χ2v) is 7.27. The second kappa shape index (κ2) is 8.49. The summed E-state index contributed by atoms with van der Waals surface area (Å²) in [6, 6.07) is 15.5. The van der Waals surface area contributed by atoms with Gasteiger partial charge in [-0.3, -0.25) is 4.79 Å². The van der Waals surface area contributed by atoms with Gasteiger partial charge in [-0.25, -0.2) is 4.68 Å². The highest BCUT2D eigenvalue weighted by atomic mass is 16.5. The minimum atomic E-state index is -0.179. The van der Waals surface area contributed by atoms with Crippen LogP contribution in [0, 0.1) is 13.8 Å². The van der Waals surface area contributed by atoms with Crippen molar-refractivity contribution in [2.75, 3.05) is 18.5 Å². The van der Waals surface area contributed by atoms with E-state index in [9.17, 15) is 4.79 Å². The van der Waals surface area contributed by atoms with Crippen LogP contribution < -0.4 is 10.1 Å². The zero-order chi connectivity index (χ0) is 20.2. The van der Waals surface area contributed by atoms with Gasteiger partial charge in [-0.15, -0.1) is 0 Å². The van der Waals surface area contributed by atoms with Crippen LogP contribution in [0.4, 0.5) is 5.69 Å². The first-order valence-electron chi connectivity index (χ1n) is 9.88. The monoisotopic (exact) mass is 391 g/mol. The number of aromatic nitrogens is 2. The molecule has 1 aliphatic heterocycles. The largest absolute Gasteiger partial charge is 0.490 e. The Bertz CT molecular complexity index is 992. The molecule has 6 heteroatoms. The van der Waals surface area contributed by atoms with Crippen molar-refractivity contribution in [3.05, 3.63) is 71.5 Å². The third-order valence-electron chi connectivity index (χ3n) is 5.06. The zero-order valence-electron chi connectivity index (χ0n) is 16.7. The van der Waals surface area contributed by atoms with E-state index < -0.39 is 0 Å². The maximum Gasteiger partial charge on any atom is 0.259 e. The van der Waals surface area contributed by atoms with Crippen molar-refractivity contribution in [1.29, 1.82) is 0 Å². The van der Waals surface area contributed by atoms with Crippen LogP contribution in [0.5, 0.6) is 5.75 Å². The third kappa shape index (κ3) is 4.49. The summed E-state index contributed by atoms with van der Waals surface area (Å²) in [5, 5.41) is 7.43. The van der Waals surface area contributed by atoms with Crippen molar-refractivity contribution in [2.24, 2.45) is 0 Å². The van der Waals surface area contributed by atoms with E-state index in [0.717, 1.165) is 48.7 Å². The molecule has 3 aromatic rings. The van der Waals surface area contributed by atoms with E-state index in [1.54, 1.807) is 10.9 Å². The van der Waals surface area contributed by atoms with Crippen LogP contribution in [0.25, 0.3) is 5.69 Å². The number of amides is 1. The molecule has 0 saturated carbocycles. The summed E-state index contributed by atoms with van der Waals surface area (Å²) >= 11 is 0. The predicted molar refractivity (Wildman–Crippen MR) is 112 cm³/mol. The number of carbonyl (C=O) groups is 1. The van der Waals surface area contributed by atoms with Gasteiger partial charge in [0, 0.05) is 24.7 Å². The molecule has 1 aromatic heterocycles. The van der Waals surface area contributed by atoms with Crippen molar-refractivity contribution in [3.63, 3.8) is 0 Å². The van der Waals surface area contributed by atoms with Gasteiger partial charge < -0.3 is 14.8 Å². The number of aryl methyl sites for hydroxylation is 2. The Kier molecular flexibility index (Phi) is 5.62.